The minimum atomic E-state index is -0.457. The van der Waals surface area contributed by atoms with Crippen LogP contribution in [-0.4, -0.2) is 71.5 Å². The van der Waals surface area contributed by atoms with Gasteiger partial charge >= 0.3 is 0 Å². The van der Waals surface area contributed by atoms with Crippen molar-refractivity contribution in [1.29, 1.82) is 0 Å². The van der Waals surface area contributed by atoms with Crippen LogP contribution in [0.5, 0.6) is 11.5 Å². The molecule has 44 heavy (non-hydrogen) atoms. The second kappa shape index (κ2) is 13.5. The van der Waals surface area contributed by atoms with Gasteiger partial charge in [-0.2, -0.15) is 0 Å². The molecule has 0 unspecified atom stereocenters. The number of benzene rings is 3. The van der Waals surface area contributed by atoms with Crippen molar-refractivity contribution in [2.45, 2.75) is 18.9 Å². The molecule has 0 saturated carbocycles. The SMILES string of the molecule is COCCOc1cc2ncnc(Nc3cccc(-c4cn([C@H]5CCc6ccccc6NC5=O)nn4)c3)c2cc1OCCOC. The number of rotatable bonds is 12. The van der Waals surface area contributed by atoms with Crippen LogP contribution in [0.2, 0.25) is 0 Å². The largest absolute Gasteiger partial charge is 0.487 e. The van der Waals surface area contributed by atoms with Crippen LogP contribution >= 0.6 is 0 Å². The van der Waals surface area contributed by atoms with Crippen molar-refractivity contribution in [3.63, 3.8) is 0 Å². The lowest BCUT2D eigenvalue weighted by atomic mass is 10.1. The maximum Gasteiger partial charge on any atom is 0.249 e. The summed E-state index contributed by atoms with van der Waals surface area (Å²) in [5.74, 6) is 1.62. The number of para-hydroxylation sites is 1. The van der Waals surface area contributed by atoms with Crippen LogP contribution in [0.15, 0.2) is 73.2 Å². The molecule has 0 bridgehead atoms. The molecule has 0 saturated heterocycles. The van der Waals surface area contributed by atoms with E-state index in [0.29, 0.717) is 61.4 Å². The molecule has 0 spiro atoms. The molecule has 2 N–H and O–H groups in total. The molecule has 1 amide bonds. The van der Waals surface area contributed by atoms with Gasteiger partial charge in [0.15, 0.2) is 11.5 Å². The van der Waals surface area contributed by atoms with Gasteiger partial charge in [0, 0.05) is 42.6 Å². The van der Waals surface area contributed by atoms with E-state index in [-0.39, 0.29) is 5.91 Å². The highest BCUT2D eigenvalue weighted by Gasteiger charge is 2.26. The second-order valence-corrected chi connectivity index (χ2v) is 10.2. The molecule has 1 atom stereocenters. The van der Waals surface area contributed by atoms with Crippen LogP contribution in [-0.2, 0) is 20.7 Å². The van der Waals surface area contributed by atoms with Crippen LogP contribution in [0.25, 0.3) is 22.2 Å². The van der Waals surface area contributed by atoms with Crippen molar-refractivity contribution in [3.05, 3.63) is 78.8 Å². The van der Waals surface area contributed by atoms with E-state index in [9.17, 15) is 4.79 Å². The normalized spacial score (nSPS) is 14.5. The molecule has 226 valence electrons. The van der Waals surface area contributed by atoms with Crippen LogP contribution in [0.1, 0.15) is 18.0 Å². The number of nitrogens with zero attached hydrogens (tertiary/aromatic N) is 5. The third kappa shape index (κ3) is 6.46. The molecular weight excluding hydrogens is 562 g/mol. The van der Waals surface area contributed by atoms with Gasteiger partial charge in [-0.15, -0.1) is 5.10 Å². The minimum Gasteiger partial charge on any atom is -0.487 e. The fourth-order valence-electron chi connectivity index (χ4n) is 5.07. The zero-order chi connectivity index (χ0) is 30.3. The zero-order valence-electron chi connectivity index (χ0n) is 24.5. The molecule has 6 rings (SSSR count). The molecule has 0 fully saturated rings. The van der Waals surface area contributed by atoms with Gasteiger partial charge < -0.3 is 29.6 Å². The number of hydrogen-bond donors (Lipinski definition) is 2. The average Bonchev–Trinajstić information content (AvgIpc) is 3.46. The lowest BCUT2D eigenvalue weighted by molar-refractivity contribution is -0.119. The number of carbonyl (C=O) groups is 1. The summed E-state index contributed by atoms with van der Waals surface area (Å²) in [5, 5.41) is 15.9. The summed E-state index contributed by atoms with van der Waals surface area (Å²) >= 11 is 0. The summed E-state index contributed by atoms with van der Waals surface area (Å²) in [4.78, 5) is 22.0. The molecule has 2 aromatic heterocycles. The summed E-state index contributed by atoms with van der Waals surface area (Å²) in [6.45, 7) is 1.60. The van der Waals surface area contributed by atoms with Gasteiger partial charge in [0.05, 0.1) is 24.9 Å². The second-order valence-electron chi connectivity index (χ2n) is 10.2. The molecule has 12 nitrogen and oxygen atoms in total. The number of aromatic nitrogens is 5. The maximum atomic E-state index is 13.0. The molecule has 0 radical (unpaired) electrons. The lowest BCUT2D eigenvalue weighted by Crippen LogP contribution is -2.25. The zero-order valence-corrected chi connectivity index (χ0v) is 24.5. The fourth-order valence-corrected chi connectivity index (χ4v) is 5.07. The molecule has 12 heteroatoms. The van der Waals surface area contributed by atoms with Crippen LogP contribution in [0.4, 0.5) is 17.2 Å². The number of anilines is 3. The smallest absolute Gasteiger partial charge is 0.249 e. The van der Waals surface area contributed by atoms with Crippen LogP contribution < -0.4 is 20.1 Å². The minimum absolute atomic E-state index is 0.102. The van der Waals surface area contributed by atoms with Crippen molar-refractivity contribution in [1.82, 2.24) is 25.0 Å². The number of amides is 1. The Morgan fingerprint density at radius 1 is 0.932 bits per heavy atom. The molecule has 1 aliphatic heterocycles. The summed E-state index contributed by atoms with van der Waals surface area (Å²) in [5.41, 5.74) is 4.94. The van der Waals surface area contributed by atoms with E-state index in [1.165, 1.54) is 6.33 Å². The fraction of sp³-hybridized carbons (Fsp3) is 0.281. The molecule has 3 aromatic carbocycles. The summed E-state index contributed by atoms with van der Waals surface area (Å²) in [7, 11) is 3.25. The molecule has 3 heterocycles. The Labute approximate surface area is 254 Å². The molecule has 0 aliphatic carbocycles. The third-order valence-electron chi connectivity index (χ3n) is 7.31. The number of ether oxygens (including phenoxy) is 4. The van der Waals surface area contributed by atoms with Gasteiger partial charge in [-0.1, -0.05) is 35.5 Å². The predicted octanol–water partition coefficient (Wildman–Crippen LogP) is 4.81. The number of fused-ring (bicyclic) bond motifs is 2. The first kappa shape index (κ1) is 29.0. The molecule has 5 aromatic rings. The number of nitrogens with one attached hydrogen (secondary N) is 2. The Morgan fingerprint density at radius 3 is 2.55 bits per heavy atom. The third-order valence-corrected chi connectivity index (χ3v) is 7.31. The van der Waals surface area contributed by atoms with Crippen molar-refractivity contribution >= 4 is 34.0 Å². The highest BCUT2D eigenvalue weighted by atomic mass is 16.5. The number of methoxy groups -OCH3 is 2. The van der Waals surface area contributed by atoms with Gasteiger partial charge in [-0.05, 0) is 42.7 Å². The Balaban J connectivity index is 1.23. The average molecular weight is 596 g/mol. The molecular formula is C32H33N7O5. The van der Waals surface area contributed by atoms with E-state index < -0.39 is 6.04 Å². The standard InChI is InChI=1S/C32H33N7O5/c1-41-12-14-43-29-17-24-26(18-30(29)44-15-13-42-2)33-20-34-31(24)35-23-8-5-7-22(16-23)27-19-39(38-37-27)28-11-10-21-6-3-4-9-25(21)36-32(28)40/h3-9,16-20,28H,10-15H2,1-2H3,(H,36,40)(H,33,34,35)/t28-/m0/s1. The Kier molecular flexibility index (Phi) is 8.90. The highest BCUT2D eigenvalue weighted by Crippen LogP contribution is 2.35. The van der Waals surface area contributed by atoms with Gasteiger partial charge in [-0.3, -0.25) is 4.79 Å². The van der Waals surface area contributed by atoms with E-state index >= 15 is 0 Å². The lowest BCUT2D eigenvalue weighted by Gasteiger charge is -2.15. The van der Waals surface area contributed by atoms with E-state index in [4.69, 9.17) is 18.9 Å². The predicted molar refractivity (Wildman–Crippen MR) is 165 cm³/mol. The van der Waals surface area contributed by atoms with Gasteiger partial charge in [0.25, 0.3) is 0 Å². The Morgan fingerprint density at radius 2 is 1.73 bits per heavy atom. The summed E-state index contributed by atoms with van der Waals surface area (Å²) < 4.78 is 23.8. The van der Waals surface area contributed by atoms with Crippen molar-refractivity contribution in [3.8, 4) is 22.8 Å². The Bertz CT molecular complexity index is 1760. The Hall–Kier alpha value is -5.07. The quantitative estimate of drug-likeness (QED) is 0.194. The van der Waals surface area contributed by atoms with Gasteiger partial charge in [0.2, 0.25) is 5.91 Å². The maximum absolute atomic E-state index is 13.0. The summed E-state index contributed by atoms with van der Waals surface area (Å²) in [6, 6.07) is 18.9. The monoisotopic (exact) mass is 595 g/mol. The highest BCUT2D eigenvalue weighted by molar-refractivity contribution is 5.95. The van der Waals surface area contributed by atoms with E-state index in [0.717, 1.165) is 34.3 Å². The van der Waals surface area contributed by atoms with Crippen LogP contribution in [0, 0.1) is 0 Å². The first-order chi connectivity index (χ1) is 21.6. The first-order valence-electron chi connectivity index (χ1n) is 14.3. The number of carbonyl (C=O) groups excluding carboxylic acids is 1. The van der Waals surface area contributed by atoms with Crippen molar-refractivity contribution in [2.75, 3.05) is 51.3 Å². The van der Waals surface area contributed by atoms with E-state index in [1.54, 1.807) is 18.9 Å². The topological polar surface area (TPSA) is 135 Å². The van der Waals surface area contributed by atoms with Crippen molar-refractivity contribution < 1.29 is 23.7 Å². The molecule has 1 aliphatic rings. The number of aryl methyl sites for hydroxylation is 1. The van der Waals surface area contributed by atoms with E-state index in [1.807, 2.05) is 66.9 Å². The first-order valence-corrected chi connectivity index (χ1v) is 14.3. The van der Waals surface area contributed by atoms with Gasteiger partial charge in [-0.25, -0.2) is 14.6 Å². The number of hydrogen-bond acceptors (Lipinski definition) is 10. The van der Waals surface area contributed by atoms with Crippen LogP contribution in [0.3, 0.4) is 0 Å². The van der Waals surface area contributed by atoms with Crippen molar-refractivity contribution in [2.24, 2.45) is 0 Å². The van der Waals surface area contributed by atoms with Gasteiger partial charge in [0.1, 0.15) is 37.1 Å². The van der Waals surface area contributed by atoms with E-state index in [2.05, 4.69) is 30.9 Å². The summed E-state index contributed by atoms with van der Waals surface area (Å²) in [6.07, 6.45) is 4.71.